The van der Waals surface area contributed by atoms with E-state index in [0.29, 0.717) is 0 Å². The minimum absolute atomic E-state index is 0.244. The van der Waals surface area contributed by atoms with Gasteiger partial charge in [-0.05, 0) is 51.1 Å². The molecule has 0 aromatic rings. The van der Waals surface area contributed by atoms with Gasteiger partial charge in [0, 0.05) is 12.5 Å². The number of piperidine rings is 1. The molecule has 0 atom stereocenters. The third-order valence-corrected chi connectivity index (χ3v) is 3.96. The zero-order valence-electron chi connectivity index (χ0n) is 12.1. The van der Waals surface area contributed by atoms with Gasteiger partial charge in [-0.15, -0.1) is 0 Å². The Labute approximate surface area is 112 Å². The molecule has 0 aromatic heterocycles. The smallest absolute Gasteiger partial charge is 0.223 e. The molecule has 106 valence electrons. The summed E-state index contributed by atoms with van der Waals surface area (Å²) in [6, 6.07) is 0. The SMILES string of the molecule is CCCC(CCC)C(=O)NCCC1CCNCC1. The molecule has 0 aromatic carbocycles. The van der Waals surface area contributed by atoms with Gasteiger partial charge in [0.05, 0.1) is 0 Å². The van der Waals surface area contributed by atoms with Crippen LogP contribution in [0.2, 0.25) is 0 Å². The molecular weight excluding hydrogens is 224 g/mol. The molecule has 1 saturated heterocycles. The number of carbonyl (C=O) groups excluding carboxylic acids is 1. The van der Waals surface area contributed by atoms with E-state index in [9.17, 15) is 4.79 Å². The monoisotopic (exact) mass is 254 g/mol. The normalized spacial score (nSPS) is 17.1. The fraction of sp³-hybridized carbons (Fsp3) is 0.933. The van der Waals surface area contributed by atoms with Crippen molar-refractivity contribution >= 4 is 5.91 Å². The third-order valence-electron chi connectivity index (χ3n) is 3.96. The van der Waals surface area contributed by atoms with Crippen LogP contribution in [-0.2, 0) is 4.79 Å². The fourth-order valence-electron chi connectivity index (χ4n) is 2.82. The van der Waals surface area contributed by atoms with Gasteiger partial charge in [-0.25, -0.2) is 0 Å². The average Bonchev–Trinajstić information content (AvgIpc) is 2.39. The molecule has 0 saturated carbocycles. The average molecular weight is 254 g/mol. The van der Waals surface area contributed by atoms with Crippen molar-refractivity contribution in [1.82, 2.24) is 10.6 Å². The van der Waals surface area contributed by atoms with Crippen molar-refractivity contribution in [3.8, 4) is 0 Å². The molecule has 0 aliphatic carbocycles. The van der Waals surface area contributed by atoms with Crippen LogP contribution in [0.3, 0.4) is 0 Å². The number of rotatable bonds is 8. The largest absolute Gasteiger partial charge is 0.356 e. The zero-order chi connectivity index (χ0) is 13.2. The van der Waals surface area contributed by atoms with Crippen LogP contribution in [0.5, 0.6) is 0 Å². The maximum Gasteiger partial charge on any atom is 0.223 e. The topological polar surface area (TPSA) is 41.1 Å². The summed E-state index contributed by atoms with van der Waals surface area (Å²) in [5.41, 5.74) is 0. The number of nitrogens with one attached hydrogen (secondary N) is 2. The highest BCUT2D eigenvalue weighted by atomic mass is 16.1. The van der Waals surface area contributed by atoms with Crippen LogP contribution < -0.4 is 10.6 Å². The van der Waals surface area contributed by atoms with Crippen molar-refractivity contribution in [3.05, 3.63) is 0 Å². The first-order valence-electron chi connectivity index (χ1n) is 7.76. The van der Waals surface area contributed by atoms with Crippen molar-refractivity contribution in [1.29, 1.82) is 0 Å². The number of amides is 1. The second-order valence-electron chi connectivity index (χ2n) is 5.55. The first kappa shape index (κ1) is 15.5. The maximum absolute atomic E-state index is 12.0. The lowest BCUT2D eigenvalue weighted by molar-refractivity contribution is -0.125. The fourth-order valence-corrected chi connectivity index (χ4v) is 2.82. The van der Waals surface area contributed by atoms with Gasteiger partial charge in [0.25, 0.3) is 0 Å². The summed E-state index contributed by atoms with van der Waals surface area (Å²) in [6.07, 6.45) is 7.96. The van der Waals surface area contributed by atoms with Gasteiger partial charge < -0.3 is 10.6 Å². The Hall–Kier alpha value is -0.570. The zero-order valence-corrected chi connectivity index (χ0v) is 12.1. The number of carbonyl (C=O) groups is 1. The molecule has 0 radical (unpaired) electrons. The molecular formula is C15H30N2O. The summed E-state index contributed by atoms with van der Waals surface area (Å²) in [5.74, 6) is 1.34. The summed E-state index contributed by atoms with van der Waals surface area (Å²) in [5, 5.41) is 6.52. The summed E-state index contributed by atoms with van der Waals surface area (Å²) >= 11 is 0. The first-order chi connectivity index (χ1) is 8.77. The Morgan fingerprint density at radius 1 is 1.22 bits per heavy atom. The summed E-state index contributed by atoms with van der Waals surface area (Å²) in [6.45, 7) is 7.48. The molecule has 18 heavy (non-hydrogen) atoms. The van der Waals surface area contributed by atoms with Gasteiger partial charge in [-0.1, -0.05) is 26.7 Å². The van der Waals surface area contributed by atoms with Gasteiger partial charge in [0.15, 0.2) is 0 Å². The molecule has 2 N–H and O–H groups in total. The highest BCUT2D eigenvalue weighted by Crippen LogP contribution is 2.16. The van der Waals surface area contributed by atoms with Crippen LogP contribution in [0, 0.1) is 11.8 Å². The first-order valence-corrected chi connectivity index (χ1v) is 7.76. The highest BCUT2D eigenvalue weighted by molar-refractivity contribution is 5.78. The molecule has 1 aliphatic heterocycles. The van der Waals surface area contributed by atoms with E-state index >= 15 is 0 Å². The van der Waals surface area contributed by atoms with E-state index in [2.05, 4.69) is 24.5 Å². The lowest BCUT2D eigenvalue weighted by Crippen LogP contribution is -2.34. The van der Waals surface area contributed by atoms with Gasteiger partial charge in [0.1, 0.15) is 0 Å². The number of hydrogen-bond donors (Lipinski definition) is 2. The van der Waals surface area contributed by atoms with Crippen LogP contribution in [0.4, 0.5) is 0 Å². The van der Waals surface area contributed by atoms with E-state index in [4.69, 9.17) is 0 Å². The quantitative estimate of drug-likeness (QED) is 0.699. The van der Waals surface area contributed by atoms with Crippen LogP contribution in [-0.4, -0.2) is 25.5 Å². The molecule has 3 nitrogen and oxygen atoms in total. The van der Waals surface area contributed by atoms with E-state index in [-0.39, 0.29) is 11.8 Å². The standard InChI is InChI=1S/C15H30N2O/c1-3-5-14(6-4-2)15(18)17-12-9-13-7-10-16-11-8-13/h13-14,16H,3-12H2,1-2H3,(H,17,18). The van der Waals surface area contributed by atoms with Gasteiger partial charge in [-0.3, -0.25) is 4.79 Å². The summed E-state index contributed by atoms with van der Waals surface area (Å²) in [4.78, 5) is 12.0. The second kappa shape index (κ2) is 9.37. The molecule has 0 spiro atoms. The molecule has 1 heterocycles. The Bertz CT molecular complexity index is 219. The molecule has 1 rings (SSSR count). The summed E-state index contributed by atoms with van der Waals surface area (Å²) < 4.78 is 0. The number of hydrogen-bond acceptors (Lipinski definition) is 2. The Kier molecular flexibility index (Phi) is 8.06. The summed E-state index contributed by atoms with van der Waals surface area (Å²) in [7, 11) is 0. The molecule has 1 amide bonds. The van der Waals surface area contributed by atoms with Crippen LogP contribution in [0.25, 0.3) is 0 Å². The minimum atomic E-state index is 0.244. The van der Waals surface area contributed by atoms with Gasteiger partial charge >= 0.3 is 0 Å². The maximum atomic E-state index is 12.0. The molecule has 1 fully saturated rings. The van der Waals surface area contributed by atoms with Crippen molar-refractivity contribution < 1.29 is 4.79 Å². The Balaban J connectivity index is 2.17. The van der Waals surface area contributed by atoms with E-state index in [1.165, 1.54) is 12.8 Å². The van der Waals surface area contributed by atoms with Crippen LogP contribution in [0.15, 0.2) is 0 Å². The minimum Gasteiger partial charge on any atom is -0.356 e. The molecule has 0 bridgehead atoms. The Morgan fingerprint density at radius 3 is 2.39 bits per heavy atom. The highest BCUT2D eigenvalue weighted by Gasteiger charge is 2.17. The Morgan fingerprint density at radius 2 is 1.83 bits per heavy atom. The van der Waals surface area contributed by atoms with E-state index in [1.807, 2.05) is 0 Å². The second-order valence-corrected chi connectivity index (χ2v) is 5.55. The predicted octanol–water partition coefficient (Wildman–Crippen LogP) is 2.71. The molecule has 3 heteroatoms. The van der Waals surface area contributed by atoms with Gasteiger partial charge in [-0.2, -0.15) is 0 Å². The molecule has 1 aliphatic rings. The lowest BCUT2D eigenvalue weighted by Gasteiger charge is -2.23. The van der Waals surface area contributed by atoms with Crippen LogP contribution in [0.1, 0.15) is 58.8 Å². The third kappa shape index (κ3) is 5.85. The van der Waals surface area contributed by atoms with Crippen molar-refractivity contribution in [2.75, 3.05) is 19.6 Å². The van der Waals surface area contributed by atoms with Gasteiger partial charge in [0.2, 0.25) is 5.91 Å². The van der Waals surface area contributed by atoms with Crippen molar-refractivity contribution in [2.45, 2.75) is 58.8 Å². The van der Waals surface area contributed by atoms with Crippen molar-refractivity contribution in [3.63, 3.8) is 0 Å². The predicted molar refractivity (Wildman–Crippen MR) is 76.5 cm³/mol. The lowest BCUT2D eigenvalue weighted by atomic mass is 9.94. The van der Waals surface area contributed by atoms with E-state index in [1.54, 1.807) is 0 Å². The van der Waals surface area contributed by atoms with Crippen molar-refractivity contribution in [2.24, 2.45) is 11.8 Å². The van der Waals surface area contributed by atoms with E-state index < -0.39 is 0 Å². The molecule has 0 unspecified atom stereocenters. The van der Waals surface area contributed by atoms with E-state index in [0.717, 1.165) is 57.7 Å². The van der Waals surface area contributed by atoms with Crippen LogP contribution >= 0.6 is 0 Å².